The lowest BCUT2D eigenvalue weighted by molar-refractivity contribution is -0.605. The molecule has 0 radical (unpaired) electrons. The fraction of sp³-hybridized carbons (Fsp3) is 0.250. The Kier molecular flexibility index (Phi) is 2.57. The number of aryl methyl sites for hydroxylation is 1. The molecule has 0 aliphatic rings. The van der Waals surface area contributed by atoms with Crippen LogP contribution in [0.3, 0.4) is 0 Å². The molecule has 0 aliphatic heterocycles. The van der Waals surface area contributed by atoms with Gasteiger partial charge in [-0.2, -0.15) is 4.73 Å². The van der Waals surface area contributed by atoms with E-state index >= 15 is 0 Å². The van der Waals surface area contributed by atoms with Crippen LogP contribution in [0.2, 0.25) is 0 Å². The van der Waals surface area contributed by atoms with E-state index in [-0.39, 0.29) is 0 Å². The predicted octanol–water partition coefficient (Wildman–Crippen LogP) is -0.180. The minimum Gasteiger partial charge on any atom is -0.619 e. The van der Waals surface area contributed by atoms with Crippen molar-refractivity contribution in [2.24, 2.45) is 7.05 Å². The summed E-state index contributed by atoms with van der Waals surface area (Å²) in [5, 5.41) is 15.3. The molecule has 2 aromatic heterocycles. The van der Waals surface area contributed by atoms with Gasteiger partial charge in [0, 0.05) is 14.1 Å². The zero-order valence-electron chi connectivity index (χ0n) is 8.78. The van der Waals surface area contributed by atoms with Gasteiger partial charge >= 0.3 is 0 Å². The van der Waals surface area contributed by atoms with Crippen molar-refractivity contribution in [2.75, 3.05) is 12.5 Å². The summed E-state index contributed by atoms with van der Waals surface area (Å²) in [6.45, 7) is 0. The van der Waals surface area contributed by atoms with Gasteiger partial charge in [-0.15, -0.1) is 5.10 Å². The molecule has 0 spiro atoms. The molecule has 84 valence electrons. The molecule has 0 bridgehead atoms. The molecule has 0 unspecified atom stereocenters. The summed E-state index contributed by atoms with van der Waals surface area (Å²) in [6, 6.07) is 0. The van der Waals surface area contributed by atoms with Crippen molar-refractivity contribution in [2.45, 2.75) is 0 Å². The van der Waals surface area contributed by atoms with Crippen molar-refractivity contribution in [3.8, 4) is 11.5 Å². The Morgan fingerprint density at radius 3 is 2.94 bits per heavy atom. The SMILES string of the molecule is CNn1c(-c2c[n+]([O-])ccn2)nn(C)c1=S. The van der Waals surface area contributed by atoms with Crippen molar-refractivity contribution < 1.29 is 4.73 Å². The molecule has 1 N–H and O–H groups in total. The maximum absolute atomic E-state index is 11.1. The highest BCUT2D eigenvalue weighted by molar-refractivity contribution is 7.71. The van der Waals surface area contributed by atoms with Crippen LogP contribution < -0.4 is 10.2 Å². The number of nitrogens with one attached hydrogen (secondary N) is 1. The first-order chi connectivity index (χ1) is 7.63. The van der Waals surface area contributed by atoms with Gasteiger partial charge in [-0.3, -0.25) is 0 Å². The summed E-state index contributed by atoms with van der Waals surface area (Å²) in [4.78, 5) is 4.07. The maximum atomic E-state index is 11.1. The average Bonchev–Trinajstić information content (AvgIpc) is 2.55. The third kappa shape index (κ3) is 1.63. The van der Waals surface area contributed by atoms with Gasteiger partial charge in [0.25, 0.3) is 0 Å². The van der Waals surface area contributed by atoms with Crippen molar-refractivity contribution in [3.05, 3.63) is 28.6 Å². The molecule has 2 heterocycles. The Morgan fingerprint density at radius 1 is 1.56 bits per heavy atom. The standard InChI is InChI=1S/C8H10N6OS/c1-9-14-7(11-12(2)8(14)16)6-5-13(15)4-3-10-6/h3-5,9H,1-2H3. The van der Waals surface area contributed by atoms with E-state index in [1.165, 1.54) is 23.3 Å². The predicted molar refractivity (Wildman–Crippen MR) is 59.5 cm³/mol. The van der Waals surface area contributed by atoms with Crippen LogP contribution in [0.5, 0.6) is 0 Å². The second-order valence-electron chi connectivity index (χ2n) is 3.09. The quantitative estimate of drug-likeness (QED) is 0.446. The lowest BCUT2D eigenvalue weighted by atomic mass is 10.4. The summed E-state index contributed by atoms with van der Waals surface area (Å²) < 4.78 is 4.28. The molecule has 0 atom stereocenters. The van der Waals surface area contributed by atoms with E-state index in [1.807, 2.05) is 0 Å². The van der Waals surface area contributed by atoms with Gasteiger partial charge in [-0.25, -0.2) is 14.3 Å². The second-order valence-corrected chi connectivity index (χ2v) is 3.46. The fourth-order valence-electron chi connectivity index (χ4n) is 1.32. The number of aromatic nitrogens is 5. The monoisotopic (exact) mass is 238 g/mol. The van der Waals surface area contributed by atoms with Crippen LogP contribution in [0.15, 0.2) is 18.6 Å². The van der Waals surface area contributed by atoms with E-state index < -0.39 is 0 Å². The lowest BCUT2D eigenvalue weighted by Crippen LogP contribution is -2.25. The highest BCUT2D eigenvalue weighted by Gasteiger charge is 2.13. The number of hydrogen-bond donors (Lipinski definition) is 1. The molecule has 16 heavy (non-hydrogen) atoms. The molecule has 2 aromatic rings. The fourth-order valence-corrected chi connectivity index (χ4v) is 1.54. The first-order valence-corrected chi connectivity index (χ1v) is 4.93. The van der Waals surface area contributed by atoms with Crippen molar-refractivity contribution in [1.29, 1.82) is 0 Å². The van der Waals surface area contributed by atoms with Crippen molar-refractivity contribution in [3.63, 3.8) is 0 Å². The van der Waals surface area contributed by atoms with Gasteiger partial charge in [0.1, 0.15) is 0 Å². The summed E-state index contributed by atoms with van der Waals surface area (Å²) in [7, 11) is 3.45. The average molecular weight is 238 g/mol. The zero-order valence-corrected chi connectivity index (χ0v) is 9.60. The highest BCUT2D eigenvalue weighted by atomic mass is 32.1. The van der Waals surface area contributed by atoms with Gasteiger partial charge in [0.05, 0.1) is 6.20 Å². The van der Waals surface area contributed by atoms with Gasteiger partial charge in [-0.1, -0.05) is 0 Å². The highest BCUT2D eigenvalue weighted by Crippen LogP contribution is 2.11. The van der Waals surface area contributed by atoms with Crippen LogP contribution >= 0.6 is 12.2 Å². The Balaban J connectivity index is 2.64. The minimum atomic E-state index is 0.457. The maximum Gasteiger partial charge on any atom is 0.217 e. The second kappa shape index (κ2) is 3.89. The van der Waals surface area contributed by atoms with E-state index in [0.717, 1.165) is 0 Å². The lowest BCUT2D eigenvalue weighted by Gasteiger charge is -2.03. The smallest absolute Gasteiger partial charge is 0.217 e. The largest absolute Gasteiger partial charge is 0.619 e. The first-order valence-electron chi connectivity index (χ1n) is 4.52. The van der Waals surface area contributed by atoms with Crippen LogP contribution in [0.1, 0.15) is 0 Å². The van der Waals surface area contributed by atoms with E-state index in [9.17, 15) is 5.21 Å². The molecule has 7 nitrogen and oxygen atoms in total. The molecule has 8 heteroatoms. The Morgan fingerprint density at radius 2 is 2.31 bits per heavy atom. The number of rotatable bonds is 2. The van der Waals surface area contributed by atoms with Crippen LogP contribution in [-0.2, 0) is 7.05 Å². The molecule has 0 aliphatic carbocycles. The van der Waals surface area contributed by atoms with Crippen LogP contribution in [0, 0.1) is 9.98 Å². The zero-order chi connectivity index (χ0) is 11.7. The van der Waals surface area contributed by atoms with Crippen molar-refractivity contribution >= 4 is 12.2 Å². The van der Waals surface area contributed by atoms with E-state index in [0.29, 0.717) is 21.0 Å². The molecule has 0 saturated carbocycles. The van der Waals surface area contributed by atoms with E-state index in [2.05, 4.69) is 15.5 Å². The summed E-state index contributed by atoms with van der Waals surface area (Å²) in [6.07, 6.45) is 4.07. The molecule has 0 amide bonds. The molecular weight excluding hydrogens is 228 g/mol. The van der Waals surface area contributed by atoms with Gasteiger partial charge in [0.15, 0.2) is 11.9 Å². The van der Waals surface area contributed by atoms with E-state index in [1.54, 1.807) is 18.8 Å². The van der Waals surface area contributed by atoms with Crippen LogP contribution in [-0.4, -0.2) is 26.5 Å². The molecule has 2 rings (SSSR count). The Hall–Kier alpha value is -1.96. The van der Waals surface area contributed by atoms with Gasteiger partial charge < -0.3 is 10.6 Å². The number of hydrogen-bond acceptors (Lipinski definition) is 5. The van der Waals surface area contributed by atoms with Crippen molar-refractivity contribution in [1.82, 2.24) is 19.4 Å². The van der Waals surface area contributed by atoms with Gasteiger partial charge in [-0.05, 0) is 12.2 Å². The molecule has 0 saturated heterocycles. The summed E-state index contributed by atoms with van der Waals surface area (Å²) in [5.74, 6) is 0.500. The Bertz CT molecular complexity index is 574. The first kappa shape index (κ1) is 10.6. The van der Waals surface area contributed by atoms with E-state index in [4.69, 9.17) is 12.2 Å². The molecule has 0 fully saturated rings. The topological polar surface area (TPSA) is 74.6 Å². The third-order valence-electron chi connectivity index (χ3n) is 2.05. The van der Waals surface area contributed by atoms with Crippen LogP contribution in [0.4, 0.5) is 0 Å². The molecular formula is C8H10N6OS. The van der Waals surface area contributed by atoms with Gasteiger partial charge in [0.2, 0.25) is 16.8 Å². The normalized spacial score (nSPS) is 10.4. The molecule has 0 aromatic carbocycles. The Labute approximate surface area is 96.5 Å². The number of nitrogens with zero attached hydrogens (tertiary/aromatic N) is 5. The summed E-state index contributed by atoms with van der Waals surface area (Å²) >= 11 is 5.13. The van der Waals surface area contributed by atoms with Crippen LogP contribution in [0.25, 0.3) is 11.5 Å². The minimum absolute atomic E-state index is 0.457. The summed E-state index contributed by atoms with van der Waals surface area (Å²) in [5.41, 5.74) is 3.34. The third-order valence-corrected chi connectivity index (χ3v) is 2.50.